The molecule has 0 bridgehead atoms. The van der Waals surface area contributed by atoms with Gasteiger partial charge in [-0.05, 0) is 44.0 Å². The molecule has 1 heterocycles. The van der Waals surface area contributed by atoms with E-state index in [9.17, 15) is 14.9 Å². The first-order chi connectivity index (χ1) is 14.0. The SMILES string of the molecule is COc1ccccc1CC(=O)N1CCC(Nc2cc(C(C)=O)ccc2C#N)CC1. The number of carbonyl (C=O) groups excluding carboxylic acids is 2. The third-order valence-electron chi connectivity index (χ3n) is 5.29. The van der Waals surface area contributed by atoms with Crippen LogP contribution in [-0.2, 0) is 11.2 Å². The molecule has 0 spiro atoms. The third-order valence-corrected chi connectivity index (χ3v) is 5.29. The quantitative estimate of drug-likeness (QED) is 0.763. The van der Waals surface area contributed by atoms with Crippen LogP contribution in [0.4, 0.5) is 5.69 Å². The van der Waals surface area contributed by atoms with E-state index >= 15 is 0 Å². The number of anilines is 1. The lowest BCUT2D eigenvalue weighted by Crippen LogP contribution is -2.43. The van der Waals surface area contributed by atoms with Gasteiger partial charge in [0, 0.05) is 30.3 Å². The summed E-state index contributed by atoms with van der Waals surface area (Å²) in [6.07, 6.45) is 1.89. The van der Waals surface area contributed by atoms with E-state index in [4.69, 9.17) is 4.74 Å². The van der Waals surface area contributed by atoms with Crippen LogP contribution in [0.1, 0.15) is 41.3 Å². The van der Waals surface area contributed by atoms with Gasteiger partial charge in [-0.3, -0.25) is 9.59 Å². The van der Waals surface area contributed by atoms with E-state index in [1.165, 1.54) is 6.92 Å². The van der Waals surface area contributed by atoms with Crippen molar-refractivity contribution in [1.29, 1.82) is 5.26 Å². The second-order valence-corrected chi connectivity index (χ2v) is 7.22. The molecule has 1 saturated heterocycles. The molecule has 150 valence electrons. The topological polar surface area (TPSA) is 82.4 Å². The minimum absolute atomic E-state index is 0.0331. The number of carbonyl (C=O) groups is 2. The number of likely N-dealkylation sites (tertiary alicyclic amines) is 1. The van der Waals surface area contributed by atoms with Gasteiger partial charge in [0.2, 0.25) is 5.91 Å². The molecule has 0 aromatic heterocycles. The van der Waals surface area contributed by atoms with Gasteiger partial charge in [0.25, 0.3) is 0 Å². The lowest BCUT2D eigenvalue weighted by Gasteiger charge is -2.33. The minimum atomic E-state index is -0.0331. The summed E-state index contributed by atoms with van der Waals surface area (Å²) in [5.41, 5.74) is 2.67. The number of para-hydroxylation sites is 1. The van der Waals surface area contributed by atoms with Crippen molar-refractivity contribution in [2.45, 2.75) is 32.2 Å². The molecule has 1 N–H and O–H groups in total. The molecule has 6 heteroatoms. The van der Waals surface area contributed by atoms with Gasteiger partial charge in [0.05, 0.1) is 24.8 Å². The molecule has 1 aliphatic rings. The zero-order valence-corrected chi connectivity index (χ0v) is 16.8. The molecule has 6 nitrogen and oxygen atoms in total. The smallest absolute Gasteiger partial charge is 0.227 e. The van der Waals surface area contributed by atoms with Crippen molar-refractivity contribution in [2.75, 3.05) is 25.5 Å². The first-order valence-corrected chi connectivity index (χ1v) is 9.73. The molecule has 3 rings (SSSR count). The maximum Gasteiger partial charge on any atom is 0.227 e. The summed E-state index contributed by atoms with van der Waals surface area (Å²) < 4.78 is 5.33. The standard InChI is InChI=1S/C23H25N3O3/c1-16(27)17-7-8-19(15-24)21(13-17)25-20-9-11-26(12-10-20)23(28)14-18-5-3-4-6-22(18)29-2/h3-8,13,20,25H,9-12,14H2,1-2H3. The molecular formula is C23H25N3O3. The molecular weight excluding hydrogens is 366 g/mol. The number of benzene rings is 2. The highest BCUT2D eigenvalue weighted by Gasteiger charge is 2.24. The lowest BCUT2D eigenvalue weighted by molar-refractivity contribution is -0.131. The zero-order chi connectivity index (χ0) is 20.8. The Bertz CT molecular complexity index is 941. The zero-order valence-electron chi connectivity index (χ0n) is 16.8. The summed E-state index contributed by atoms with van der Waals surface area (Å²) in [6, 6.07) is 15.0. The Morgan fingerprint density at radius 3 is 2.59 bits per heavy atom. The van der Waals surface area contributed by atoms with E-state index in [-0.39, 0.29) is 17.7 Å². The highest BCUT2D eigenvalue weighted by Crippen LogP contribution is 2.23. The van der Waals surface area contributed by atoms with Crippen LogP contribution in [0.3, 0.4) is 0 Å². The molecule has 0 radical (unpaired) electrons. The van der Waals surface area contributed by atoms with Crippen LogP contribution >= 0.6 is 0 Å². The van der Waals surface area contributed by atoms with Crippen LogP contribution in [0.15, 0.2) is 42.5 Å². The number of nitrogens with zero attached hydrogens (tertiary/aromatic N) is 2. The van der Waals surface area contributed by atoms with Gasteiger partial charge in [-0.1, -0.05) is 18.2 Å². The van der Waals surface area contributed by atoms with E-state index in [0.29, 0.717) is 36.3 Å². The van der Waals surface area contributed by atoms with E-state index in [1.807, 2.05) is 29.2 Å². The average Bonchev–Trinajstić information content (AvgIpc) is 2.74. The van der Waals surface area contributed by atoms with Crippen LogP contribution in [-0.4, -0.2) is 42.8 Å². The number of hydrogen-bond acceptors (Lipinski definition) is 5. The molecule has 0 aliphatic carbocycles. The van der Waals surface area contributed by atoms with Crippen LogP contribution in [0, 0.1) is 11.3 Å². The van der Waals surface area contributed by atoms with Gasteiger partial charge in [-0.25, -0.2) is 0 Å². The first-order valence-electron chi connectivity index (χ1n) is 9.73. The molecule has 1 amide bonds. The molecule has 0 saturated carbocycles. The summed E-state index contributed by atoms with van der Waals surface area (Å²) in [5.74, 6) is 0.783. The normalized spacial score (nSPS) is 14.2. The van der Waals surface area contributed by atoms with Crippen LogP contribution in [0.25, 0.3) is 0 Å². The molecule has 2 aromatic rings. The predicted octanol–water partition coefficient (Wildman–Crippen LogP) is 3.42. The number of methoxy groups -OCH3 is 1. The van der Waals surface area contributed by atoms with Gasteiger partial charge < -0.3 is 15.0 Å². The number of rotatable bonds is 6. The number of nitrogens with one attached hydrogen (secondary N) is 1. The first kappa shape index (κ1) is 20.4. The largest absolute Gasteiger partial charge is 0.496 e. The molecule has 2 aromatic carbocycles. The molecule has 1 fully saturated rings. The Balaban J connectivity index is 1.60. The second-order valence-electron chi connectivity index (χ2n) is 7.22. The average molecular weight is 391 g/mol. The van der Waals surface area contributed by atoms with Crippen molar-refractivity contribution < 1.29 is 14.3 Å². The second kappa shape index (κ2) is 9.24. The highest BCUT2D eigenvalue weighted by atomic mass is 16.5. The number of nitriles is 1. The maximum absolute atomic E-state index is 12.7. The fraction of sp³-hybridized carbons (Fsp3) is 0.348. The number of hydrogen-bond donors (Lipinski definition) is 1. The fourth-order valence-corrected chi connectivity index (χ4v) is 3.60. The van der Waals surface area contributed by atoms with Gasteiger partial charge in [0.15, 0.2) is 5.78 Å². The molecule has 0 unspecified atom stereocenters. The van der Waals surface area contributed by atoms with Crippen molar-refractivity contribution in [3.63, 3.8) is 0 Å². The van der Waals surface area contributed by atoms with Gasteiger partial charge in [-0.15, -0.1) is 0 Å². The molecule has 29 heavy (non-hydrogen) atoms. The lowest BCUT2D eigenvalue weighted by atomic mass is 10.0. The van der Waals surface area contributed by atoms with E-state index in [1.54, 1.807) is 25.3 Å². The summed E-state index contributed by atoms with van der Waals surface area (Å²) in [6.45, 7) is 2.82. The van der Waals surface area contributed by atoms with Crippen molar-refractivity contribution in [3.8, 4) is 11.8 Å². The van der Waals surface area contributed by atoms with E-state index in [0.717, 1.165) is 24.2 Å². The van der Waals surface area contributed by atoms with Crippen molar-refractivity contribution in [1.82, 2.24) is 4.90 Å². The number of piperidine rings is 1. The number of Topliss-reactive ketones (excluding diaryl/α,β-unsaturated/α-hetero) is 1. The Labute approximate surface area is 171 Å². The van der Waals surface area contributed by atoms with Gasteiger partial charge in [-0.2, -0.15) is 5.26 Å². The number of amides is 1. The van der Waals surface area contributed by atoms with Crippen molar-refractivity contribution in [3.05, 3.63) is 59.2 Å². The molecule has 0 atom stereocenters. The highest BCUT2D eigenvalue weighted by molar-refractivity contribution is 5.95. The predicted molar refractivity (Wildman–Crippen MR) is 111 cm³/mol. The van der Waals surface area contributed by atoms with Crippen LogP contribution in [0.5, 0.6) is 5.75 Å². The molecule has 1 aliphatic heterocycles. The summed E-state index contributed by atoms with van der Waals surface area (Å²) in [5, 5.41) is 12.7. The van der Waals surface area contributed by atoms with Crippen molar-refractivity contribution in [2.24, 2.45) is 0 Å². The maximum atomic E-state index is 12.7. The van der Waals surface area contributed by atoms with E-state index < -0.39 is 0 Å². The Kier molecular flexibility index (Phi) is 6.50. The van der Waals surface area contributed by atoms with Crippen LogP contribution in [0.2, 0.25) is 0 Å². The summed E-state index contributed by atoms with van der Waals surface area (Å²) >= 11 is 0. The van der Waals surface area contributed by atoms with Gasteiger partial charge >= 0.3 is 0 Å². The Hall–Kier alpha value is -3.33. The van der Waals surface area contributed by atoms with Crippen LogP contribution < -0.4 is 10.1 Å². The fourth-order valence-electron chi connectivity index (χ4n) is 3.60. The minimum Gasteiger partial charge on any atom is -0.496 e. The summed E-state index contributed by atoms with van der Waals surface area (Å²) in [4.78, 5) is 26.2. The van der Waals surface area contributed by atoms with Gasteiger partial charge in [0.1, 0.15) is 11.8 Å². The van der Waals surface area contributed by atoms with Crippen molar-refractivity contribution >= 4 is 17.4 Å². The third kappa shape index (κ3) is 4.94. The van der Waals surface area contributed by atoms with E-state index in [2.05, 4.69) is 11.4 Å². The number of ether oxygens (including phenoxy) is 1. The monoisotopic (exact) mass is 391 g/mol. The summed E-state index contributed by atoms with van der Waals surface area (Å²) in [7, 11) is 1.61. The Morgan fingerprint density at radius 1 is 1.21 bits per heavy atom. The number of ketones is 1. The Morgan fingerprint density at radius 2 is 1.93 bits per heavy atom.